The van der Waals surface area contributed by atoms with Crippen LogP contribution in [0.3, 0.4) is 0 Å². The maximum Gasteiger partial charge on any atom is 0.137 e. The van der Waals surface area contributed by atoms with E-state index in [2.05, 4.69) is 65.8 Å². The second-order valence-electron chi connectivity index (χ2n) is 6.99. The Balaban J connectivity index is 2.76. The summed E-state index contributed by atoms with van der Waals surface area (Å²) in [5, 5.41) is 12.3. The standard InChI is InChI=1S/C15H26BrN3O/c1-14(2,3)13-18-11(16)9-12(19-13)17-10-15(4,5)7-6-8-20/h9,20H,6-8,10H2,1-5H3,(H,17,18,19). The molecule has 0 aliphatic carbocycles. The molecule has 114 valence electrons. The number of aliphatic hydroxyl groups is 1. The Morgan fingerprint density at radius 1 is 1.20 bits per heavy atom. The fraction of sp³-hybridized carbons (Fsp3) is 0.733. The van der Waals surface area contributed by atoms with E-state index in [-0.39, 0.29) is 17.4 Å². The molecule has 4 nitrogen and oxygen atoms in total. The molecule has 0 amide bonds. The number of hydrogen-bond donors (Lipinski definition) is 2. The van der Waals surface area contributed by atoms with Gasteiger partial charge in [0.2, 0.25) is 0 Å². The monoisotopic (exact) mass is 343 g/mol. The van der Waals surface area contributed by atoms with Crippen molar-refractivity contribution in [1.82, 2.24) is 9.97 Å². The molecule has 0 radical (unpaired) electrons. The van der Waals surface area contributed by atoms with Crippen LogP contribution in [0.4, 0.5) is 5.82 Å². The van der Waals surface area contributed by atoms with E-state index >= 15 is 0 Å². The maximum atomic E-state index is 8.93. The van der Waals surface area contributed by atoms with E-state index in [0.717, 1.165) is 35.6 Å². The van der Waals surface area contributed by atoms with Crippen molar-refractivity contribution in [2.75, 3.05) is 18.5 Å². The van der Waals surface area contributed by atoms with Crippen molar-refractivity contribution in [3.05, 3.63) is 16.5 Å². The van der Waals surface area contributed by atoms with Crippen molar-refractivity contribution in [3.8, 4) is 0 Å². The van der Waals surface area contributed by atoms with Gasteiger partial charge < -0.3 is 10.4 Å². The Morgan fingerprint density at radius 2 is 1.85 bits per heavy atom. The quantitative estimate of drug-likeness (QED) is 0.772. The van der Waals surface area contributed by atoms with Gasteiger partial charge in [-0.1, -0.05) is 34.6 Å². The van der Waals surface area contributed by atoms with Crippen LogP contribution in [0.1, 0.15) is 53.3 Å². The zero-order chi connectivity index (χ0) is 15.4. The molecule has 0 saturated heterocycles. The van der Waals surface area contributed by atoms with Crippen LogP contribution in [0.2, 0.25) is 0 Å². The van der Waals surface area contributed by atoms with Gasteiger partial charge in [0.25, 0.3) is 0 Å². The van der Waals surface area contributed by atoms with E-state index in [4.69, 9.17) is 5.11 Å². The molecule has 1 heterocycles. The molecular formula is C15H26BrN3O. The third-order valence-electron chi connectivity index (χ3n) is 3.13. The lowest BCUT2D eigenvalue weighted by Crippen LogP contribution is -2.25. The van der Waals surface area contributed by atoms with Crippen LogP contribution in [-0.4, -0.2) is 28.2 Å². The lowest BCUT2D eigenvalue weighted by molar-refractivity contribution is 0.248. The number of hydrogen-bond acceptors (Lipinski definition) is 4. The highest BCUT2D eigenvalue weighted by molar-refractivity contribution is 9.10. The third-order valence-corrected chi connectivity index (χ3v) is 3.53. The fourth-order valence-electron chi connectivity index (χ4n) is 1.82. The predicted octanol–water partition coefficient (Wildman–Crippen LogP) is 3.75. The summed E-state index contributed by atoms with van der Waals surface area (Å²) in [7, 11) is 0. The lowest BCUT2D eigenvalue weighted by Gasteiger charge is -2.25. The van der Waals surface area contributed by atoms with Crippen molar-refractivity contribution in [2.24, 2.45) is 5.41 Å². The summed E-state index contributed by atoms with van der Waals surface area (Å²) < 4.78 is 0.799. The number of anilines is 1. The molecule has 0 aliphatic heterocycles. The smallest absolute Gasteiger partial charge is 0.137 e. The average molecular weight is 344 g/mol. The van der Waals surface area contributed by atoms with Crippen LogP contribution >= 0.6 is 15.9 Å². The van der Waals surface area contributed by atoms with Crippen LogP contribution in [0.5, 0.6) is 0 Å². The topological polar surface area (TPSA) is 58.0 Å². The Morgan fingerprint density at radius 3 is 2.40 bits per heavy atom. The molecule has 0 unspecified atom stereocenters. The molecular weight excluding hydrogens is 318 g/mol. The van der Waals surface area contributed by atoms with Crippen LogP contribution in [0, 0.1) is 5.41 Å². The van der Waals surface area contributed by atoms with Gasteiger partial charge in [-0.15, -0.1) is 0 Å². The minimum Gasteiger partial charge on any atom is -0.396 e. The molecule has 20 heavy (non-hydrogen) atoms. The zero-order valence-electron chi connectivity index (χ0n) is 13.1. The molecule has 0 bridgehead atoms. The number of halogens is 1. The SMILES string of the molecule is CC(C)(CCCO)CNc1cc(Br)nc(C(C)(C)C)n1. The van der Waals surface area contributed by atoms with Crippen molar-refractivity contribution in [1.29, 1.82) is 0 Å². The summed E-state index contributed by atoms with van der Waals surface area (Å²) in [5.41, 5.74) is 0.0503. The van der Waals surface area contributed by atoms with E-state index in [0.29, 0.717) is 0 Å². The molecule has 0 spiro atoms. The molecule has 0 atom stereocenters. The van der Waals surface area contributed by atoms with Crippen LogP contribution in [0.25, 0.3) is 0 Å². The van der Waals surface area contributed by atoms with Gasteiger partial charge in [-0.25, -0.2) is 9.97 Å². The first kappa shape index (κ1) is 17.4. The van der Waals surface area contributed by atoms with Crippen LogP contribution in [-0.2, 0) is 5.41 Å². The summed E-state index contributed by atoms with van der Waals surface area (Å²) in [6.45, 7) is 11.8. The summed E-state index contributed by atoms with van der Waals surface area (Å²) >= 11 is 3.44. The Hall–Kier alpha value is -0.680. The number of rotatable bonds is 6. The Bertz CT molecular complexity index is 441. The van der Waals surface area contributed by atoms with Gasteiger partial charge in [0.05, 0.1) is 0 Å². The second-order valence-corrected chi connectivity index (χ2v) is 7.81. The highest BCUT2D eigenvalue weighted by Gasteiger charge is 2.20. The summed E-state index contributed by atoms with van der Waals surface area (Å²) in [4.78, 5) is 9.02. The highest BCUT2D eigenvalue weighted by Crippen LogP contribution is 2.25. The van der Waals surface area contributed by atoms with Gasteiger partial charge >= 0.3 is 0 Å². The second kappa shape index (κ2) is 6.85. The minimum atomic E-state index is -0.0768. The first-order valence-corrected chi connectivity index (χ1v) is 7.83. The minimum absolute atomic E-state index is 0.0768. The van der Waals surface area contributed by atoms with Crippen molar-refractivity contribution in [2.45, 2.75) is 52.9 Å². The molecule has 0 saturated carbocycles. The molecule has 0 aromatic carbocycles. The molecule has 0 aliphatic rings. The molecule has 1 aromatic rings. The van der Waals surface area contributed by atoms with Crippen molar-refractivity contribution in [3.63, 3.8) is 0 Å². The average Bonchev–Trinajstić information content (AvgIpc) is 2.32. The van der Waals surface area contributed by atoms with Crippen molar-refractivity contribution >= 4 is 21.7 Å². The normalized spacial score (nSPS) is 12.6. The number of nitrogens with zero attached hydrogens (tertiary/aromatic N) is 2. The van der Waals surface area contributed by atoms with E-state index < -0.39 is 0 Å². The van der Waals surface area contributed by atoms with E-state index in [1.807, 2.05) is 6.07 Å². The van der Waals surface area contributed by atoms with Crippen LogP contribution < -0.4 is 5.32 Å². The van der Waals surface area contributed by atoms with Gasteiger partial charge in [-0.05, 0) is 34.2 Å². The summed E-state index contributed by atoms with van der Waals surface area (Å²) in [6.07, 6.45) is 1.81. The molecule has 5 heteroatoms. The lowest BCUT2D eigenvalue weighted by atomic mass is 9.88. The molecule has 1 aromatic heterocycles. The van der Waals surface area contributed by atoms with Gasteiger partial charge in [0.1, 0.15) is 16.2 Å². The van der Waals surface area contributed by atoms with E-state index in [9.17, 15) is 0 Å². The first-order chi connectivity index (χ1) is 9.14. The zero-order valence-corrected chi connectivity index (χ0v) is 14.7. The Kier molecular flexibility index (Phi) is 5.95. The van der Waals surface area contributed by atoms with Crippen molar-refractivity contribution < 1.29 is 5.11 Å². The third kappa shape index (κ3) is 5.75. The number of aliphatic hydroxyl groups excluding tert-OH is 1. The van der Waals surface area contributed by atoms with Gasteiger partial charge in [-0.3, -0.25) is 0 Å². The van der Waals surface area contributed by atoms with Gasteiger partial charge in [0.15, 0.2) is 0 Å². The number of aromatic nitrogens is 2. The van der Waals surface area contributed by atoms with Crippen LogP contribution in [0.15, 0.2) is 10.7 Å². The molecule has 0 fully saturated rings. The molecule has 1 rings (SSSR count). The Labute approximate surface area is 130 Å². The summed E-state index contributed by atoms with van der Waals surface area (Å²) in [5.74, 6) is 1.66. The van der Waals surface area contributed by atoms with E-state index in [1.54, 1.807) is 0 Å². The maximum absolute atomic E-state index is 8.93. The summed E-state index contributed by atoms with van der Waals surface area (Å²) in [6, 6.07) is 1.90. The van der Waals surface area contributed by atoms with Gasteiger partial charge in [0, 0.05) is 24.6 Å². The largest absolute Gasteiger partial charge is 0.396 e. The van der Waals surface area contributed by atoms with Gasteiger partial charge in [-0.2, -0.15) is 0 Å². The first-order valence-electron chi connectivity index (χ1n) is 7.04. The van der Waals surface area contributed by atoms with E-state index in [1.165, 1.54) is 0 Å². The predicted molar refractivity (Wildman–Crippen MR) is 87.0 cm³/mol. The number of nitrogens with one attached hydrogen (secondary N) is 1. The highest BCUT2D eigenvalue weighted by atomic mass is 79.9. The molecule has 2 N–H and O–H groups in total. The fourth-order valence-corrected chi connectivity index (χ4v) is 2.20.